The summed E-state index contributed by atoms with van der Waals surface area (Å²) in [7, 11) is 0. The Kier molecular flexibility index (Phi) is 5.71. The van der Waals surface area contributed by atoms with Crippen LogP contribution in [0.1, 0.15) is 35.8 Å². The van der Waals surface area contributed by atoms with E-state index >= 15 is 0 Å². The summed E-state index contributed by atoms with van der Waals surface area (Å²) in [5, 5.41) is 0. The zero-order valence-electron chi connectivity index (χ0n) is 16.5. The normalized spacial score (nSPS) is 18.6. The van der Waals surface area contributed by atoms with Crippen LogP contribution < -0.4 is 0 Å². The molecule has 3 aromatic rings. The number of aromatic nitrogens is 2. The van der Waals surface area contributed by atoms with Crippen molar-refractivity contribution in [3.8, 4) is 0 Å². The molecule has 1 fully saturated rings. The van der Waals surface area contributed by atoms with Crippen LogP contribution in [0.5, 0.6) is 0 Å². The summed E-state index contributed by atoms with van der Waals surface area (Å²) in [5.74, 6) is -0.230. The summed E-state index contributed by atoms with van der Waals surface area (Å²) < 4.78 is 15.4. The van der Waals surface area contributed by atoms with Gasteiger partial charge in [0.1, 0.15) is 5.82 Å². The van der Waals surface area contributed by atoms with Crippen molar-refractivity contribution >= 4 is 6.41 Å². The molecule has 2 unspecified atom stereocenters. The van der Waals surface area contributed by atoms with Gasteiger partial charge in [0.25, 0.3) is 0 Å². The van der Waals surface area contributed by atoms with Gasteiger partial charge in [-0.05, 0) is 30.2 Å². The maximum atomic E-state index is 13.3. The van der Waals surface area contributed by atoms with Gasteiger partial charge in [0.2, 0.25) is 6.41 Å². The van der Waals surface area contributed by atoms with Crippen molar-refractivity contribution in [2.24, 2.45) is 0 Å². The Morgan fingerprint density at radius 1 is 1.14 bits per heavy atom. The molecule has 29 heavy (non-hydrogen) atoms. The summed E-state index contributed by atoms with van der Waals surface area (Å²) >= 11 is 0. The van der Waals surface area contributed by atoms with Crippen LogP contribution in [0.25, 0.3) is 0 Å². The molecule has 0 bridgehead atoms. The van der Waals surface area contributed by atoms with Crippen LogP contribution in [0.2, 0.25) is 0 Å². The topological polar surface area (TPSA) is 41.4 Å². The molecular formula is C23H25FN4O. The number of nitrogens with zero attached hydrogens (tertiary/aromatic N) is 4. The van der Waals surface area contributed by atoms with Crippen LogP contribution in [0.4, 0.5) is 4.39 Å². The van der Waals surface area contributed by atoms with Gasteiger partial charge in [-0.1, -0.05) is 42.5 Å². The zero-order chi connectivity index (χ0) is 20.2. The lowest BCUT2D eigenvalue weighted by molar-refractivity contribution is -0.123. The Morgan fingerprint density at radius 3 is 2.62 bits per heavy atom. The Morgan fingerprint density at radius 2 is 1.90 bits per heavy atom. The first kappa shape index (κ1) is 19.3. The predicted molar refractivity (Wildman–Crippen MR) is 110 cm³/mol. The van der Waals surface area contributed by atoms with Crippen LogP contribution in [-0.4, -0.2) is 45.4 Å². The molecule has 2 heterocycles. The first-order valence-corrected chi connectivity index (χ1v) is 9.90. The molecule has 0 spiro atoms. The fourth-order valence-electron chi connectivity index (χ4n) is 4.03. The minimum atomic E-state index is -0.230. The fourth-order valence-corrected chi connectivity index (χ4v) is 4.03. The molecule has 1 aliphatic rings. The maximum Gasteiger partial charge on any atom is 0.210 e. The first-order chi connectivity index (χ1) is 14.2. The Bertz CT molecular complexity index is 941. The van der Waals surface area contributed by atoms with E-state index in [1.54, 1.807) is 0 Å². The van der Waals surface area contributed by atoms with Gasteiger partial charge in [-0.15, -0.1) is 0 Å². The van der Waals surface area contributed by atoms with E-state index in [1.165, 1.54) is 12.1 Å². The highest BCUT2D eigenvalue weighted by atomic mass is 19.1. The number of amides is 1. The van der Waals surface area contributed by atoms with Crippen LogP contribution in [0.3, 0.4) is 0 Å². The van der Waals surface area contributed by atoms with Gasteiger partial charge in [-0.25, -0.2) is 9.37 Å². The van der Waals surface area contributed by atoms with Crippen molar-refractivity contribution in [2.45, 2.75) is 25.6 Å². The lowest BCUT2D eigenvalue weighted by Crippen LogP contribution is -2.47. The van der Waals surface area contributed by atoms with E-state index in [9.17, 15) is 9.18 Å². The molecule has 1 amide bonds. The van der Waals surface area contributed by atoms with Crippen LogP contribution in [-0.2, 0) is 11.3 Å². The van der Waals surface area contributed by atoms with Gasteiger partial charge in [-0.3, -0.25) is 9.69 Å². The van der Waals surface area contributed by atoms with Gasteiger partial charge in [0.05, 0.1) is 24.1 Å². The molecule has 0 saturated carbocycles. The summed E-state index contributed by atoms with van der Waals surface area (Å²) in [6.45, 7) is 5.14. The van der Waals surface area contributed by atoms with Crippen molar-refractivity contribution in [1.82, 2.24) is 19.4 Å². The highest BCUT2D eigenvalue weighted by Gasteiger charge is 2.28. The van der Waals surface area contributed by atoms with Crippen molar-refractivity contribution in [3.63, 3.8) is 0 Å². The average Bonchev–Trinajstić information content (AvgIpc) is 3.22. The Hall–Kier alpha value is -2.99. The van der Waals surface area contributed by atoms with Crippen molar-refractivity contribution in [2.75, 3.05) is 19.6 Å². The summed E-state index contributed by atoms with van der Waals surface area (Å²) in [6.07, 6.45) is 4.68. The number of carbonyl (C=O) groups is 1. The predicted octanol–water partition coefficient (Wildman–Crippen LogP) is 3.65. The van der Waals surface area contributed by atoms with E-state index in [-0.39, 0.29) is 17.9 Å². The molecule has 1 aliphatic heterocycles. The number of hydrogen-bond acceptors (Lipinski definition) is 3. The van der Waals surface area contributed by atoms with Gasteiger partial charge in [0, 0.05) is 32.4 Å². The molecule has 0 radical (unpaired) electrons. The van der Waals surface area contributed by atoms with Crippen molar-refractivity contribution < 1.29 is 9.18 Å². The maximum absolute atomic E-state index is 13.3. The second kappa shape index (κ2) is 8.57. The summed E-state index contributed by atoms with van der Waals surface area (Å²) in [6, 6.07) is 16.9. The number of hydrogen-bond donors (Lipinski definition) is 0. The number of halogens is 1. The van der Waals surface area contributed by atoms with E-state index in [1.807, 2.05) is 47.8 Å². The third-order valence-corrected chi connectivity index (χ3v) is 5.73. The highest BCUT2D eigenvalue weighted by Crippen LogP contribution is 2.26. The minimum absolute atomic E-state index is 0.0494. The molecule has 2 aromatic carbocycles. The molecule has 150 valence electrons. The van der Waals surface area contributed by atoms with Gasteiger partial charge in [0.15, 0.2) is 0 Å². The van der Waals surface area contributed by atoms with Crippen molar-refractivity contribution in [1.29, 1.82) is 0 Å². The molecular weight excluding hydrogens is 367 g/mol. The lowest BCUT2D eigenvalue weighted by atomic mass is 10.0. The van der Waals surface area contributed by atoms with Crippen LogP contribution >= 0.6 is 0 Å². The molecule has 1 aromatic heterocycles. The molecule has 2 atom stereocenters. The fraction of sp³-hybridized carbons (Fsp3) is 0.304. The average molecular weight is 392 g/mol. The number of piperazine rings is 1. The van der Waals surface area contributed by atoms with E-state index in [4.69, 9.17) is 0 Å². The highest BCUT2D eigenvalue weighted by molar-refractivity contribution is 5.49. The summed E-state index contributed by atoms with van der Waals surface area (Å²) in [5.41, 5.74) is 3.30. The zero-order valence-corrected chi connectivity index (χ0v) is 16.5. The first-order valence-electron chi connectivity index (χ1n) is 9.90. The van der Waals surface area contributed by atoms with Crippen LogP contribution in [0.15, 0.2) is 67.1 Å². The summed E-state index contributed by atoms with van der Waals surface area (Å²) in [4.78, 5) is 20.2. The van der Waals surface area contributed by atoms with Crippen LogP contribution in [0, 0.1) is 5.82 Å². The van der Waals surface area contributed by atoms with Crippen molar-refractivity contribution in [3.05, 3.63) is 89.8 Å². The lowest BCUT2D eigenvalue weighted by Gasteiger charge is -2.40. The van der Waals surface area contributed by atoms with E-state index in [0.717, 1.165) is 42.9 Å². The third-order valence-electron chi connectivity index (χ3n) is 5.73. The largest absolute Gasteiger partial charge is 0.336 e. The SMILES string of the molecule is CC(c1ccc(F)cc1)n1cncc1CN1CCN(C=O)C(c2ccccc2)C1. The van der Waals surface area contributed by atoms with E-state index < -0.39 is 0 Å². The molecule has 6 heteroatoms. The number of imidazole rings is 1. The third kappa shape index (κ3) is 4.22. The second-order valence-electron chi connectivity index (χ2n) is 7.52. The second-order valence-corrected chi connectivity index (χ2v) is 7.52. The minimum Gasteiger partial charge on any atom is -0.336 e. The molecule has 0 N–H and O–H groups in total. The Balaban J connectivity index is 1.51. The van der Waals surface area contributed by atoms with E-state index in [2.05, 4.69) is 33.5 Å². The number of carbonyl (C=O) groups excluding carboxylic acids is 1. The quantitative estimate of drug-likeness (QED) is 0.602. The van der Waals surface area contributed by atoms with Gasteiger partial charge >= 0.3 is 0 Å². The molecule has 4 rings (SSSR count). The molecule has 1 saturated heterocycles. The molecule has 5 nitrogen and oxygen atoms in total. The number of benzene rings is 2. The molecule has 0 aliphatic carbocycles. The smallest absolute Gasteiger partial charge is 0.210 e. The standard InChI is InChI=1S/C23H25FN4O/c1-18(19-7-9-21(24)10-8-19)28-16-25-13-22(28)14-26-11-12-27(17-29)23(15-26)20-5-3-2-4-6-20/h2-10,13,16-18,23H,11-12,14-15H2,1H3. The monoisotopic (exact) mass is 392 g/mol. The number of rotatable bonds is 6. The van der Waals surface area contributed by atoms with Gasteiger partial charge in [-0.2, -0.15) is 0 Å². The van der Waals surface area contributed by atoms with E-state index in [0.29, 0.717) is 6.54 Å². The Labute approximate surface area is 170 Å². The van der Waals surface area contributed by atoms with Gasteiger partial charge < -0.3 is 9.47 Å².